The fraction of sp³-hybridized carbons (Fsp3) is 0.533. The van der Waals surface area contributed by atoms with Gasteiger partial charge in [-0.15, -0.1) is 23.1 Å². The van der Waals surface area contributed by atoms with Crippen LogP contribution in [0.5, 0.6) is 0 Å². The lowest BCUT2D eigenvalue weighted by molar-refractivity contribution is -0.128. The summed E-state index contributed by atoms with van der Waals surface area (Å²) in [6.45, 7) is 5.79. The molecule has 0 saturated heterocycles. The predicted molar refractivity (Wildman–Crippen MR) is 92.7 cm³/mol. The van der Waals surface area contributed by atoms with E-state index in [9.17, 15) is 9.59 Å². The third-order valence-corrected chi connectivity index (χ3v) is 4.88. The maximum absolute atomic E-state index is 12.2. The Morgan fingerprint density at radius 3 is 2.77 bits per heavy atom. The van der Waals surface area contributed by atoms with Gasteiger partial charge in [0.05, 0.1) is 11.4 Å². The van der Waals surface area contributed by atoms with Crippen LogP contribution in [-0.4, -0.2) is 39.0 Å². The average Bonchev–Trinajstić information content (AvgIpc) is 2.96. The van der Waals surface area contributed by atoms with E-state index in [4.69, 9.17) is 0 Å². The molecule has 0 saturated carbocycles. The van der Waals surface area contributed by atoms with Crippen molar-refractivity contribution >= 4 is 34.0 Å². The Balaban J connectivity index is 1.91. The van der Waals surface area contributed by atoms with Crippen LogP contribution in [0.15, 0.2) is 22.4 Å². The van der Waals surface area contributed by atoms with Crippen LogP contribution in [0.3, 0.4) is 0 Å². The van der Waals surface area contributed by atoms with Gasteiger partial charge >= 0.3 is 0 Å². The molecule has 2 heterocycles. The number of amides is 1. The molecule has 2 rings (SSSR count). The van der Waals surface area contributed by atoms with Gasteiger partial charge in [0.2, 0.25) is 5.91 Å². The summed E-state index contributed by atoms with van der Waals surface area (Å²) in [5.74, 6) is 1.19. The van der Waals surface area contributed by atoms with E-state index in [0.29, 0.717) is 16.5 Å². The lowest BCUT2D eigenvalue weighted by Gasteiger charge is -2.21. The highest BCUT2D eigenvalue weighted by molar-refractivity contribution is 7.99. The number of thioether (sulfide) groups is 1. The molecule has 2 aromatic heterocycles. The molecule has 0 atom stereocenters. The van der Waals surface area contributed by atoms with Crippen molar-refractivity contribution in [3.05, 3.63) is 33.7 Å². The molecule has 0 N–H and O–H groups in total. The fourth-order valence-electron chi connectivity index (χ4n) is 2.20. The monoisotopic (exact) mass is 339 g/mol. The van der Waals surface area contributed by atoms with Gasteiger partial charge in [-0.1, -0.05) is 13.8 Å². The van der Waals surface area contributed by atoms with Crippen molar-refractivity contribution in [3.63, 3.8) is 0 Å². The van der Waals surface area contributed by atoms with Crippen molar-refractivity contribution in [3.8, 4) is 0 Å². The lowest BCUT2D eigenvalue weighted by atomic mass is 10.3. The summed E-state index contributed by atoms with van der Waals surface area (Å²) in [6, 6.07) is 1.55. The Kier molecular flexibility index (Phi) is 6.45. The summed E-state index contributed by atoms with van der Waals surface area (Å²) in [5.41, 5.74) is 0.676. The highest BCUT2D eigenvalue weighted by Gasteiger charge is 2.12. The van der Waals surface area contributed by atoms with E-state index in [1.807, 2.05) is 10.3 Å². The molecule has 0 spiro atoms. The number of nitrogens with zero attached hydrogens (tertiary/aromatic N) is 3. The lowest BCUT2D eigenvalue weighted by Crippen LogP contribution is -2.33. The number of hydrogen-bond donors (Lipinski definition) is 0. The van der Waals surface area contributed by atoms with Gasteiger partial charge in [-0.3, -0.25) is 14.0 Å². The summed E-state index contributed by atoms with van der Waals surface area (Å²) in [6.07, 6.45) is 3.68. The number of rotatable bonds is 8. The Bertz CT molecular complexity index is 675. The SMILES string of the molecule is CCCN(CCC)C(=O)CSCc1cc(=O)n2ccsc2n1. The van der Waals surface area contributed by atoms with Crippen LogP contribution in [0, 0.1) is 0 Å². The van der Waals surface area contributed by atoms with Crippen molar-refractivity contribution in [1.29, 1.82) is 0 Å². The van der Waals surface area contributed by atoms with Crippen molar-refractivity contribution < 1.29 is 4.79 Å². The molecule has 0 radical (unpaired) electrons. The van der Waals surface area contributed by atoms with E-state index >= 15 is 0 Å². The largest absolute Gasteiger partial charge is 0.342 e. The predicted octanol–water partition coefficient (Wildman–Crippen LogP) is 2.64. The molecule has 2 aromatic rings. The maximum Gasteiger partial charge on any atom is 0.258 e. The molecule has 1 amide bonds. The van der Waals surface area contributed by atoms with E-state index in [-0.39, 0.29) is 11.5 Å². The topological polar surface area (TPSA) is 54.7 Å². The third-order valence-electron chi connectivity index (χ3n) is 3.17. The molecule has 0 unspecified atom stereocenters. The van der Waals surface area contributed by atoms with E-state index in [1.54, 1.807) is 12.3 Å². The molecule has 22 heavy (non-hydrogen) atoms. The average molecular weight is 339 g/mol. The summed E-state index contributed by atoms with van der Waals surface area (Å²) < 4.78 is 1.54. The van der Waals surface area contributed by atoms with E-state index in [2.05, 4.69) is 18.8 Å². The zero-order chi connectivity index (χ0) is 15.9. The number of aromatic nitrogens is 2. The molecule has 7 heteroatoms. The Morgan fingerprint density at radius 1 is 1.36 bits per heavy atom. The molecule has 120 valence electrons. The number of carbonyl (C=O) groups excluding carboxylic acids is 1. The Morgan fingerprint density at radius 2 is 2.09 bits per heavy atom. The first-order valence-electron chi connectivity index (χ1n) is 7.47. The minimum absolute atomic E-state index is 0.0632. The Hall–Kier alpha value is -1.34. The molecule has 0 bridgehead atoms. The second-order valence-corrected chi connectivity index (χ2v) is 6.87. The molecule has 0 aromatic carbocycles. The van der Waals surface area contributed by atoms with Gasteiger partial charge in [0.25, 0.3) is 5.56 Å². The number of fused-ring (bicyclic) bond motifs is 1. The molecule has 5 nitrogen and oxygen atoms in total. The quantitative estimate of drug-likeness (QED) is 0.742. The second-order valence-electron chi connectivity index (χ2n) is 5.01. The highest BCUT2D eigenvalue weighted by atomic mass is 32.2. The van der Waals surface area contributed by atoms with Gasteiger partial charge in [0.1, 0.15) is 0 Å². The van der Waals surface area contributed by atoms with Crippen molar-refractivity contribution in [2.45, 2.75) is 32.4 Å². The summed E-state index contributed by atoms with van der Waals surface area (Å²) in [5, 5.41) is 1.84. The minimum atomic E-state index is -0.0632. The molecular weight excluding hydrogens is 318 g/mol. The fourth-order valence-corrected chi connectivity index (χ4v) is 3.75. The van der Waals surface area contributed by atoms with Crippen LogP contribution in [0.25, 0.3) is 4.96 Å². The minimum Gasteiger partial charge on any atom is -0.342 e. The summed E-state index contributed by atoms with van der Waals surface area (Å²) in [4.78, 5) is 31.1. The zero-order valence-corrected chi connectivity index (χ0v) is 14.6. The zero-order valence-electron chi connectivity index (χ0n) is 12.9. The summed E-state index contributed by atoms with van der Waals surface area (Å²) in [7, 11) is 0. The van der Waals surface area contributed by atoms with E-state index < -0.39 is 0 Å². The van der Waals surface area contributed by atoms with Crippen LogP contribution in [-0.2, 0) is 10.5 Å². The van der Waals surface area contributed by atoms with Crippen LogP contribution in [0.4, 0.5) is 0 Å². The standard InChI is InChI=1S/C15H21N3O2S2/c1-3-5-17(6-4-2)14(20)11-21-10-12-9-13(19)18-7-8-22-15(18)16-12/h7-9H,3-6,10-11H2,1-2H3. The number of carbonyl (C=O) groups is 1. The number of hydrogen-bond acceptors (Lipinski definition) is 5. The summed E-state index contributed by atoms with van der Waals surface area (Å²) >= 11 is 2.96. The van der Waals surface area contributed by atoms with Crippen LogP contribution >= 0.6 is 23.1 Å². The van der Waals surface area contributed by atoms with Gasteiger partial charge in [0.15, 0.2) is 4.96 Å². The third kappa shape index (κ3) is 4.33. The Labute approximate surface area is 138 Å². The number of thiazole rings is 1. The van der Waals surface area contributed by atoms with Gasteiger partial charge in [-0.2, -0.15) is 0 Å². The van der Waals surface area contributed by atoms with Gasteiger partial charge in [0, 0.05) is 36.5 Å². The van der Waals surface area contributed by atoms with Gasteiger partial charge in [-0.05, 0) is 12.8 Å². The van der Waals surface area contributed by atoms with Crippen LogP contribution < -0.4 is 5.56 Å². The first-order chi connectivity index (χ1) is 10.7. The highest BCUT2D eigenvalue weighted by Crippen LogP contribution is 2.13. The van der Waals surface area contributed by atoms with Crippen LogP contribution in [0.2, 0.25) is 0 Å². The molecular formula is C15H21N3O2S2. The van der Waals surface area contributed by atoms with Crippen LogP contribution in [0.1, 0.15) is 32.4 Å². The maximum atomic E-state index is 12.2. The van der Waals surface area contributed by atoms with E-state index in [1.165, 1.54) is 27.5 Å². The van der Waals surface area contributed by atoms with Crippen molar-refractivity contribution in [2.24, 2.45) is 0 Å². The van der Waals surface area contributed by atoms with E-state index in [0.717, 1.165) is 31.6 Å². The van der Waals surface area contributed by atoms with Crippen molar-refractivity contribution in [2.75, 3.05) is 18.8 Å². The molecule has 0 aliphatic carbocycles. The van der Waals surface area contributed by atoms with Gasteiger partial charge < -0.3 is 4.90 Å². The first kappa shape index (κ1) is 17.0. The second kappa shape index (κ2) is 8.33. The molecule has 0 aliphatic heterocycles. The molecule has 0 fully saturated rings. The smallest absolute Gasteiger partial charge is 0.258 e. The first-order valence-corrected chi connectivity index (χ1v) is 9.50. The normalized spacial score (nSPS) is 11.0. The van der Waals surface area contributed by atoms with Crippen molar-refractivity contribution in [1.82, 2.24) is 14.3 Å². The van der Waals surface area contributed by atoms with Gasteiger partial charge in [-0.25, -0.2) is 4.98 Å². The molecule has 0 aliphatic rings.